The molecule has 18 heavy (non-hydrogen) atoms. The smallest absolute Gasteiger partial charge is 0.255 e. The third-order valence-corrected chi connectivity index (χ3v) is 2.58. The van der Waals surface area contributed by atoms with Gasteiger partial charge in [-0.3, -0.25) is 4.79 Å². The standard InChI is InChI=1S/C13H10ClFN2O/c14-9-2-1-3-10(7-9)17-13(18)8-4-5-12(16)11(15)6-8/h1-7H,16H2,(H,17,18). The fraction of sp³-hybridized carbons (Fsp3) is 0. The Morgan fingerprint density at radius 1 is 1.22 bits per heavy atom. The molecule has 0 heterocycles. The molecule has 92 valence electrons. The Morgan fingerprint density at radius 2 is 2.00 bits per heavy atom. The van der Waals surface area contributed by atoms with Crippen LogP contribution < -0.4 is 11.1 Å². The summed E-state index contributed by atoms with van der Waals surface area (Å²) < 4.78 is 13.2. The summed E-state index contributed by atoms with van der Waals surface area (Å²) in [5, 5.41) is 3.13. The molecule has 0 spiro atoms. The van der Waals surface area contributed by atoms with Gasteiger partial charge in [0, 0.05) is 16.3 Å². The van der Waals surface area contributed by atoms with Crippen LogP contribution in [0, 0.1) is 5.82 Å². The minimum absolute atomic E-state index is 0.00862. The molecule has 2 rings (SSSR count). The zero-order valence-electron chi connectivity index (χ0n) is 9.28. The van der Waals surface area contributed by atoms with Gasteiger partial charge in [0.05, 0.1) is 5.69 Å². The molecule has 0 unspecified atom stereocenters. The van der Waals surface area contributed by atoms with E-state index in [9.17, 15) is 9.18 Å². The normalized spacial score (nSPS) is 10.1. The van der Waals surface area contributed by atoms with Gasteiger partial charge in [0.25, 0.3) is 5.91 Å². The summed E-state index contributed by atoms with van der Waals surface area (Å²) in [4.78, 5) is 11.8. The van der Waals surface area contributed by atoms with Crippen LogP contribution in [0.1, 0.15) is 10.4 Å². The number of carbonyl (C=O) groups is 1. The molecule has 0 atom stereocenters. The van der Waals surface area contributed by atoms with Crippen LogP contribution in [-0.4, -0.2) is 5.91 Å². The van der Waals surface area contributed by atoms with Crippen LogP contribution in [0.2, 0.25) is 5.02 Å². The van der Waals surface area contributed by atoms with E-state index in [0.717, 1.165) is 6.07 Å². The van der Waals surface area contributed by atoms with Crippen molar-refractivity contribution in [1.29, 1.82) is 0 Å². The van der Waals surface area contributed by atoms with Crippen molar-refractivity contribution in [3.63, 3.8) is 0 Å². The lowest BCUT2D eigenvalue weighted by Crippen LogP contribution is -2.12. The molecule has 3 N–H and O–H groups in total. The van der Waals surface area contributed by atoms with Crippen LogP contribution in [0.15, 0.2) is 42.5 Å². The lowest BCUT2D eigenvalue weighted by molar-refractivity contribution is 0.102. The molecule has 0 bridgehead atoms. The van der Waals surface area contributed by atoms with E-state index in [1.54, 1.807) is 24.3 Å². The van der Waals surface area contributed by atoms with Gasteiger partial charge in [0.1, 0.15) is 5.82 Å². The summed E-state index contributed by atoms with van der Waals surface area (Å²) in [6, 6.07) is 10.6. The Bertz CT molecular complexity index is 601. The summed E-state index contributed by atoms with van der Waals surface area (Å²) in [5.41, 5.74) is 6.09. The van der Waals surface area contributed by atoms with E-state index >= 15 is 0 Å². The first kappa shape index (κ1) is 12.4. The number of nitrogens with one attached hydrogen (secondary N) is 1. The maximum Gasteiger partial charge on any atom is 0.255 e. The molecule has 0 aliphatic carbocycles. The topological polar surface area (TPSA) is 55.1 Å². The molecule has 0 saturated heterocycles. The number of hydrogen-bond donors (Lipinski definition) is 2. The maximum atomic E-state index is 13.2. The van der Waals surface area contributed by atoms with Gasteiger partial charge in [-0.1, -0.05) is 17.7 Å². The molecule has 3 nitrogen and oxygen atoms in total. The number of benzene rings is 2. The second-order valence-electron chi connectivity index (χ2n) is 3.70. The summed E-state index contributed by atoms with van der Waals surface area (Å²) >= 11 is 5.79. The van der Waals surface area contributed by atoms with Gasteiger partial charge in [0.15, 0.2) is 0 Å². The molecule has 2 aromatic carbocycles. The minimum atomic E-state index is -0.617. The lowest BCUT2D eigenvalue weighted by atomic mass is 10.2. The fourth-order valence-electron chi connectivity index (χ4n) is 1.44. The lowest BCUT2D eigenvalue weighted by Gasteiger charge is -2.06. The Morgan fingerprint density at radius 3 is 2.67 bits per heavy atom. The maximum absolute atomic E-state index is 13.2. The van der Waals surface area contributed by atoms with Crippen LogP contribution in [-0.2, 0) is 0 Å². The molecular weight excluding hydrogens is 255 g/mol. The van der Waals surface area contributed by atoms with Crippen molar-refractivity contribution in [3.8, 4) is 0 Å². The number of carbonyl (C=O) groups excluding carboxylic acids is 1. The monoisotopic (exact) mass is 264 g/mol. The van der Waals surface area contributed by atoms with Crippen molar-refractivity contribution in [1.82, 2.24) is 0 Å². The average molecular weight is 265 g/mol. The van der Waals surface area contributed by atoms with E-state index in [1.807, 2.05) is 0 Å². The Balaban J connectivity index is 2.19. The van der Waals surface area contributed by atoms with Crippen molar-refractivity contribution in [3.05, 3.63) is 58.9 Å². The molecule has 5 heteroatoms. The highest BCUT2D eigenvalue weighted by molar-refractivity contribution is 6.30. The Hall–Kier alpha value is -2.07. The molecule has 0 aromatic heterocycles. The van der Waals surface area contributed by atoms with Crippen LogP contribution in [0.3, 0.4) is 0 Å². The number of rotatable bonds is 2. The average Bonchev–Trinajstić information content (AvgIpc) is 2.32. The van der Waals surface area contributed by atoms with E-state index in [2.05, 4.69) is 5.32 Å². The number of nitrogen functional groups attached to an aromatic ring is 1. The molecular formula is C13H10ClFN2O. The predicted octanol–water partition coefficient (Wildman–Crippen LogP) is 3.31. The first-order valence-electron chi connectivity index (χ1n) is 5.18. The highest BCUT2D eigenvalue weighted by atomic mass is 35.5. The first-order chi connectivity index (χ1) is 8.56. The van der Waals surface area contributed by atoms with Gasteiger partial charge in [0.2, 0.25) is 0 Å². The molecule has 0 aliphatic rings. The highest BCUT2D eigenvalue weighted by Crippen LogP contribution is 2.17. The van der Waals surface area contributed by atoms with E-state index in [4.69, 9.17) is 17.3 Å². The zero-order chi connectivity index (χ0) is 13.1. The molecule has 0 aliphatic heterocycles. The fourth-order valence-corrected chi connectivity index (χ4v) is 1.63. The van der Waals surface area contributed by atoms with Gasteiger partial charge in [-0.25, -0.2) is 4.39 Å². The molecule has 2 aromatic rings. The van der Waals surface area contributed by atoms with Crippen molar-refractivity contribution in [2.75, 3.05) is 11.1 Å². The van der Waals surface area contributed by atoms with Crippen LogP contribution in [0.5, 0.6) is 0 Å². The zero-order valence-corrected chi connectivity index (χ0v) is 10.0. The largest absolute Gasteiger partial charge is 0.396 e. The van der Waals surface area contributed by atoms with Crippen molar-refractivity contribution >= 4 is 28.9 Å². The third-order valence-electron chi connectivity index (χ3n) is 2.35. The van der Waals surface area contributed by atoms with E-state index in [1.165, 1.54) is 12.1 Å². The van der Waals surface area contributed by atoms with Gasteiger partial charge >= 0.3 is 0 Å². The first-order valence-corrected chi connectivity index (χ1v) is 5.56. The van der Waals surface area contributed by atoms with E-state index < -0.39 is 11.7 Å². The summed E-state index contributed by atoms with van der Waals surface area (Å²) in [7, 11) is 0. The second-order valence-corrected chi connectivity index (χ2v) is 4.14. The van der Waals surface area contributed by atoms with Gasteiger partial charge in [-0.15, -0.1) is 0 Å². The van der Waals surface area contributed by atoms with Crippen LogP contribution in [0.4, 0.5) is 15.8 Å². The van der Waals surface area contributed by atoms with Crippen LogP contribution >= 0.6 is 11.6 Å². The van der Waals surface area contributed by atoms with Crippen molar-refractivity contribution in [2.24, 2.45) is 0 Å². The highest BCUT2D eigenvalue weighted by Gasteiger charge is 2.08. The number of halogens is 2. The van der Waals surface area contributed by atoms with Gasteiger partial charge in [-0.2, -0.15) is 0 Å². The number of amides is 1. The van der Waals surface area contributed by atoms with Crippen LogP contribution in [0.25, 0.3) is 0 Å². The van der Waals surface area contributed by atoms with Gasteiger partial charge < -0.3 is 11.1 Å². The molecule has 0 radical (unpaired) electrons. The Kier molecular flexibility index (Phi) is 3.48. The Labute approximate surface area is 108 Å². The predicted molar refractivity (Wildman–Crippen MR) is 70.2 cm³/mol. The number of hydrogen-bond acceptors (Lipinski definition) is 2. The van der Waals surface area contributed by atoms with E-state index in [-0.39, 0.29) is 11.3 Å². The molecule has 0 fully saturated rings. The third kappa shape index (κ3) is 2.78. The summed E-state index contributed by atoms with van der Waals surface area (Å²) in [6.07, 6.45) is 0. The summed E-state index contributed by atoms with van der Waals surface area (Å²) in [6.45, 7) is 0. The van der Waals surface area contributed by atoms with Crippen molar-refractivity contribution in [2.45, 2.75) is 0 Å². The molecule has 0 saturated carbocycles. The SMILES string of the molecule is Nc1ccc(C(=O)Nc2cccc(Cl)c2)cc1F. The molecule has 1 amide bonds. The summed E-state index contributed by atoms with van der Waals surface area (Å²) in [5.74, 6) is -1.04. The quantitative estimate of drug-likeness (QED) is 0.818. The van der Waals surface area contributed by atoms with Gasteiger partial charge in [-0.05, 0) is 36.4 Å². The van der Waals surface area contributed by atoms with E-state index in [0.29, 0.717) is 10.7 Å². The number of nitrogens with two attached hydrogens (primary N) is 1. The number of anilines is 2. The minimum Gasteiger partial charge on any atom is -0.396 e. The second kappa shape index (κ2) is 5.06. The van der Waals surface area contributed by atoms with Crippen molar-refractivity contribution < 1.29 is 9.18 Å².